The van der Waals surface area contributed by atoms with Crippen molar-refractivity contribution >= 4 is 5.78 Å². The van der Waals surface area contributed by atoms with Gasteiger partial charge >= 0.3 is 0 Å². The van der Waals surface area contributed by atoms with Crippen LogP contribution in [0.15, 0.2) is 24.3 Å². The molecule has 3 nitrogen and oxygen atoms in total. The molecule has 1 fully saturated rings. The largest absolute Gasteiger partial charge is 0.488 e. The minimum atomic E-state index is 0.0524. The van der Waals surface area contributed by atoms with Gasteiger partial charge < -0.3 is 10.1 Å². The van der Waals surface area contributed by atoms with Crippen molar-refractivity contribution in [2.24, 2.45) is 0 Å². The number of ketones is 1. The Kier molecular flexibility index (Phi) is 3.02. The van der Waals surface area contributed by atoms with Crippen LogP contribution in [0.3, 0.4) is 0 Å². The maximum Gasteiger partial charge on any atom is 0.163 e. The molecule has 1 aromatic carbocycles. The molecular formula is C12H15NO2. The van der Waals surface area contributed by atoms with Gasteiger partial charge in [-0.05, 0) is 32.0 Å². The highest BCUT2D eigenvalue weighted by Gasteiger charge is 2.18. The molecule has 0 spiro atoms. The number of hydrogen-bond donors (Lipinski definition) is 1. The monoisotopic (exact) mass is 205 g/mol. The van der Waals surface area contributed by atoms with Gasteiger partial charge in [0.25, 0.3) is 0 Å². The maximum atomic E-state index is 11.3. The van der Waals surface area contributed by atoms with Crippen LogP contribution in [0.5, 0.6) is 5.75 Å². The minimum Gasteiger partial charge on any atom is -0.488 e. The molecule has 0 saturated carbocycles. The van der Waals surface area contributed by atoms with E-state index in [4.69, 9.17) is 4.74 Å². The molecule has 1 N–H and O–H groups in total. The average molecular weight is 205 g/mol. The predicted octanol–water partition coefficient (Wildman–Crippen LogP) is 1.63. The molecule has 1 aliphatic rings. The van der Waals surface area contributed by atoms with Gasteiger partial charge in [0.2, 0.25) is 0 Å². The number of benzene rings is 1. The van der Waals surface area contributed by atoms with E-state index in [1.54, 1.807) is 13.0 Å². The van der Waals surface area contributed by atoms with Crippen molar-refractivity contribution in [3.8, 4) is 5.75 Å². The molecular weight excluding hydrogens is 190 g/mol. The van der Waals surface area contributed by atoms with Gasteiger partial charge in [-0.25, -0.2) is 0 Å². The fourth-order valence-electron chi connectivity index (χ4n) is 1.77. The van der Waals surface area contributed by atoms with E-state index in [1.807, 2.05) is 18.2 Å². The highest BCUT2D eigenvalue weighted by atomic mass is 16.5. The van der Waals surface area contributed by atoms with Gasteiger partial charge in [-0.2, -0.15) is 0 Å². The topological polar surface area (TPSA) is 38.3 Å². The zero-order valence-electron chi connectivity index (χ0n) is 8.82. The fourth-order valence-corrected chi connectivity index (χ4v) is 1.77. The second kappa shape index (κ2) is 4.45. The SMILES string of the molecule is CC(=O)c1ccccc1O[C@H]1CCNC1. The summed E-state index contributed by atoms with van der Waals surface area (Å²) in [6.45, 7) is 3.42. The molecule has 0 aromatic heterocycles. The lowest BCUT2D eigenvalue weighted by molar-refractivity contribution is 0.101. The third-order valence-corrected chi connectivity index (χ3v) is 2.58. The first-order valence-corrected chi connectivity index (χ1v) is 5.24. The number of nitrogens with one attached hydrogen (secondary N) is 1. The Bertz CT molecular complexity index is 356. The lowest BCUT2D eigenvalue weighted by atomic mass is 10.1. The fraction of sp³-hybridized carbons (Fsp3) is 0.417. The highest BCUT2D eigenvalue weighted by Crippen LogP contribution is 2.21. The van der Waals surface area contributed by atoms with E-state index in [0.717, 1.165) is 19.5 Å². The van der Waals surface area contributed by atoms with Gasteiger partial charge in [0.15, 0.2) is 5.78 Å². The lowest BCUT2D eigenvalue weighted by Crippen LogP contribution is -2.20. The second-order valence-electron chi connectivity index (χ2n) is 3.79. The zero-order valence-corrected chi connectivity index (χ0v) is 8.82. The number of rotatable bonds is 3. The number of hydrogen-bond acceptors (Lipinski definition) is 3. The minimum absolute atomic E-state index is 0.0524. The van der Waals surface area contributed by atoms with Crippen molar-refractivity contribution in [3.63, 3.8) is 0 Å². The van der Waals surface area contributed by atoms with E-state index in [2.05, 4.69) is 5.32 Å². The molecule has 0 bridgehead atoms. The Balaban J connectivity index is 2.15. The first-order valence-electron chi connectivity index (χ1n) is 5.24. The van der Waals surface area contributed by atoms with Crippen molar-refractivity contribution in [1.29, 1.82) is 0 Å². The van der Waals surface area contributed by atoms with Crippen LogP contribution in [0.25, 0.3) is 0 Å². The highest BCUT2D eigenvalue weighted by molar-refractivity contribution is 5.96. The van der Waals surface area contributed by atoms with E-state index >= 15 is 0 Å². The Morgan fingerprint density at radius 3 is 2.93 bits per heavy atom. The van der Waals surface area contributed by atoms with Crippen LogP contribution in [0.2, 0.25) is 0 Å². The molecule has 1 atom stereocenters. The van der Waals surface area contributed by atoms with Crippen molar-refractivity contribution in [2.45, 2.75) is 19.4 Å². The molecule has 0 amide bonds. The summed E-state index contributed by atoms with van der Waals surface area (Å²) in [5.74, 6) is 0.759. The van der Waals surface area contributed by atoms with Crippen LogP contribution in [-0.4, -0.2) is 25.0 Å². The Hall–Kier alpha value is -1.35. The molecule has 1 heterocycles. The van der Waals surface area contributed by atoms with Gasteiger partial charge in [0, 0.05) is 6.54 Å². The van der Waals surface area contributed by atoms with E-state index in [1.165, 1.54) is 0 Å². The number of ether oxygens (including phenoxy) is 1. The van der Waals surface area contributed by atoms with Crippen molar-refractivity contribution in [3.05, 3.63) is 29.8 Å². The zero-order chi connectivity index (χ0) is 10.7. The summed E-state index contributed by atoms with van der Waals surface area (Å²) in [5, 5.41) is 3.23. The molecule has 15 heavy (non-hydrogen) atoms. The number of Topliss-reactive ketones (excluding diaryl/α,β-unsaturated/α-hetero) is 1. The molecule has 0 unspecified atom stereocenters. The molecule has 1 aromatic rings. The lowest BCUT2D eigenvalue weighted by Gasteiger charge is -2.14. The first-order chi connectivity index (χ1) is 7.27. The third-order valence-electron chi connectivity index (χ3n) is 2.58. The van der Waals surface area contributed by atoms with Crippen LogP contribution in [0, 0.1) is 0 Å². The first kappa shape index (κ1) is 10.2. The van der Waals surface area contributed by atoms with Gasteiger partial charge in [-0.1, -0.05) is 12.1 Å². The molecule has 0 radical (unpaired) electrons. The van der Waals surface area contributed by atoms with E-state index in [9.17, 15) is 4.79 Å². The summed E-state index contributed by atoms with van der Waals surface area (Å²) >= 11 is 0. The summed E-state index contributed by atoms with van der Waals surface area (Å²) < 4.78 is 5.78. The Morgan fingerprint density at radius 1 is 1.47 bits per heavy atom. The van der Waals surface area contributed by atoms with Gasteiger partial charge in [-0.3, -0.25) is 4.79 Å². The normalized spacial score (nSPS) is 20.2. The Labute approximate surface area is 89.4 Å². The smallest absolute Gasteiger partial charge is 0.163 e. The van der Waals surface area contributed by atoms with Crippen LogP contribution in [0.1, 0.15) is 23.7 Å². The number of carbonyl (C=O) groups excluding carboxylic acids is 1. The molecule has 2 rings (SSSR count). The van der Waals surface area contributed by atoms with E-state index in [-0.39, 0.29) is 11.9 Å². The van der Waals surface area contributed by atoms with Gasteiger partial charge in [-0.15, -0.1) is 0 Å². The molecule has 0 aliphatic carbocycles. The summed E-state index contributed by atoms with van der Waals surface area (Å²) in [6, 6.07) is 7.41. The number of carbonyl (C=O) groups is 1. The van der Waals surface area contributed by atoms with Gasteiger partial charge in [0.1, 0.15) is 11.9 Å². The summed E-state index contributed by atoms with van der Waals surface area (Å²) in [6.07, 6.45) is 1.21. The summed E-state index contributed by atoms with van der Waals surface area (Å²) in [5.41, 5.74) is 0.671. The Morgan fingerprint density at radius 2 is 2.27 bits per heavy atom. The third kappa shape index (κ3) is 2.36. The molecule has 3 heteroatoms. The molecule has 1 saturated heterocycles. The standard InChI is InChI=1S/C12H15NO2/c1-9(14)11-4-2-3-5-12(11)15-10-6-7-13-8-10/h2-5,10,13H,6-8H2,1H3/t10-/m0/s1. The van der Waals surface area contributed by atoms with Crippen LogP contribution in [0.4, 0.5) is 0 Å². The van der Waals surface area contributed by atoms with Gasteiger partial charge in [0.05, 0.1) is 5.56 Å². The molecule has 80 valence electrons. The van der Waals surface area contributed by atoms with Crippen molar-refractivity contribution in [1.82, 2.24) is 5.32 Å². The van der Waals surface area contributed by atoms with E-state index in [0.29, 0.717) is 11.3 Å². The maximum absolute atomic E-state index is 11.3. The predicted molar refractivity (Wildman–Crippen MR) is 58.3 cm³/mol. The van der Waals surface area contributed by atoms with Crippen molar-refractivity contribution in [2.75, 3.05) is 13.1 Å². The van der Waals surface area contributed by atoms with Crippen molar-refractivity contribution < 1.29 is 9.53 Å². The number of para-hydroxylation sites is 1. The molecule has 1 aliphatic heterocycles. The summed E-state index contributed by atoms with van der Waals surface area (Å²) in [7, 11) is 0. The van der Waals surface area contributed by atoms with Crippen LogP contribution < -0.4 is 10.1 Å². The average Bonchev–Trinajstić information content (AvgIpc) is 2.71. The van der Waals surface area contributed by atoms with E-state index < -0.39 is 0 Å². The van der Waals surface area contributed by atoms with Crippen LogP contribution >= 0.6 is 0 Å². The quantitative estimate of drug-likeness (QED) is 0.762. The second-order valence-corrected chi connectivity index (χ2v) is 3.79. The summed E-state index contributed by atoms with van der Waals surface area (Å²) in [4.78, 5) is 11.3. The van der Waals surface area contributed by atoms with Crippen LogP contribution in [-0.2, 0) is 0 Å².